The van der Waals surface area contributed by atoms with Crippen molar-refractivity contribution in [2.45, 2.75) is 26.1 Å². The lowest BCUT2D eigenvalue weighted by Crippen LogP contribution is -2.51. The van der Waals surface area contributed by atoms with E-state index in [1.165, 1.54) is 23.1 Å². The molecule has 2 atom stereocenters. The van der Waals surface area contributed by atoms with E-state index in [0.29, 0.717) is 18.1 Å². The molecule has 21 heavy (non-hydrogen) atoms. The number of amides is 2. The zero-order chi connectivity index (χ0) is 15.6. The number of benzene rings is 1. The molecular formula is C14H17ClN2O4. The van der Waals surface area contributed by atoms with Crippen molar-refractivity contribution in [3.8, 4) is 5.75 Å². The number of carbonyl (C=O) groups is 2. The van der Waals surface area contributed by atoms with Gasteiger partial charge in [0.25, 0.3) is 0 Å². The van der Waals surface area contributed by atoms with Crippen molar-refractivity contribution < 1.29 is 19.4 Å². The molecule has 2 rings (SSSR count). The van der Waals surface area contributed by atoms with E-state index in [1.54, 1.807) is 0 Å². The van der Waals surface area contributed by atoms with Gasteiger partial charge >= 0.3 is 11.8 Å². The molecule has 1 fully saturated rings. The summed E-state index contributed by atoms with van der Waals surface area (Å²) in [6.45, 7) is 4.41. The van der Waals surface area contributed by atoms with Gasteiger partial charge in [-0.15, -0.1) is 0 Å². The normalized spacial score (nSPS) is 22.0. The molecule has 2 amide bonds. The molecule has 1 aliphatic rings. The molecule has 7 heteroatoms. The molecule has 6 nitrogen and oxygen atoms in total. The first kappa shape index (κ1) is 15.6. The number of rotatable bonds is 1. The lowest BCUT2D eigenvalue weighted by atomic mass is 10.2. The van der Waals surface area contributed by atoms with E-state index in [2.05, 4.69) is 5.32 Å². The fraction of sp³-hybridized carbons (Fsp3) is 0.429. The third-order valence-electron chi connectivity index (χ3n) is 3.11. The number of morpholine rings is 1. The Morgan fingerprint density at radius 3 is 2.57 bits per heavy atom. The van der Waals surface area contributed by atoms with Crippen molar-refractivity contribution in [1.29, 1.82) is 0 Å². The molecule has 1 aliphatic heterocycles. The van der Waals surface area contributed by atoms with Gasteiger partial charge in [-0.3, -0.25) is 9.59 Å². The third-order valence-corrected chi connectivity index (χ3v) is 3.34. The Balaban J connectivity index is 2.06. The van der Waals surface area contributed by atoms with Gasteiger partial charge in [0, 0.05) is 18.1 Å². The number of carbonyl (C=O) groups excluding carboxylic acids is 2. The largest absolute Gasteiger partial charge is 0.506 e. The predicted molar refractivity (Wildman–Crippen MR) is 78.3 cm³/mol. The second kappa shape index (κ2) is 6.32. The number of hydrogen-bond donors (Lipinski definition) is 2. The predicted octanol–water partition coefficient (Wildman–Crippen LogP) is 1.62. The van der Waals surface area contributed by atoms with Crippen LogP contribution in [0.5, 0.6) is 5.75 Å². The van der Waals surface area contributed by atoms with E-state index in [1.807, 2.05) is 13.8 Å². The van der Waals surface area contributed by atoms with Gasteiger partial charge in [-0.05, 0) is 32.0 Å². The Labute approximate surface area is 127 Å². The molecule has 114 valence electrons. The van der Waals surface area contributed by atoms with E-state index >= 15 is 0 Å². The number of phenols is 1. The summed E-state index contributed by atoms with van der Waals surface area (Å²) in [6, 6.07) is 4.22. The maximum absolute atomic E-state index is 12.1. The van der Waals surface area contributed by atoms with Crippen LogP contribution in [0.25, 0.3) is 0 Å². The van der Waals surface area contributed by atoms with Gasteiger partial charge in [-0.25, -0.2) is 0 Å². The monoisotopic (exact) mass is 312 g/mol. The van der Waals surface area contributed by atoms with Crippen molar-refractivity contribution >= 4 is 29.1 Å². The molecule has 2 N–H and O–H groups in total. The second-order valence-corrected chi connectivity index (χ2v) is 5.52. The van der Waals surface area contributed by atoms with E-state index in [-0.39, 0.29) is 23.6 Å². The van der Waals surface area contributed by atoms with Gasteiger partial charge in [0.15, 0.2) is 0 Å². The molecule has 1 aromatic carbocycles. The first-order valence-electron chi connectivity index (χ1n) is 6.61. The van der Waals surface area contributed by atoms with Gasteiger partial charge < -0.3 is 20.1 Å². The van der Waals surface area contributed by atoms with Crippen LogP contribution in [0, 0.1) is 0 Å². The van der Waals surface area contributed by atoms with Crippen LogP contribution in [0.2, 0.25) is 5.02 Å². The smallest absolute Gasteiger partial charge is 0.314 e. The standard InChI is InChI=1S/C14H17ClN2O4/c1-8-6-17(7-9(2)21-8)14(20)13(19)16-11-5-10(15)3-4-12(11)18/h3-5,8-9,18H,6-7H2,1-2H3,(H,16,19). The van der Waals surface area contributed by atoms with Gasteiger partial charge in [0.2, 0.25) is 0 Å². The number of halogens is 1. The molecule has 0 spiro atoms. The third kappa shape index (κ3) is 3.86. The molecule has 2 unspecified atom stereocenters. The number of nitrogens with one attached hydrogen (secondary N) is 1. The zero-order valence-electron chi connectivity index (χ0n) is 11.8. The van der Waals surface area contributed by atoms with Crippen molar-refractivity contribution in [1.82, 2.24) is 4.90 Å². The molecule has 0 bridgehead atoms. The summed E-state index contributed by atoms with van der Waals surface area (Å²) in [4.78, 5) is 25.6. The SMILES string of the molecule is CC1CN(C(=O)C(=O)Nc2cc(Cl)ccc2O)CC(C)O1. The highest BCUT2D eigenvalue weighted by molar-refractivity contribution is 6.40. The maximum atomic E-state index is 12.1. The second-order valence-electron chi connectivity index (χ2n) is 5.08. The molecule has 0 radical (unpaired) electrons. The molecule has 1 aromatic rings. The van der Waals surface area contributed by atoms with Crippen molar-refractivity contribution in [2.75, 3.05) is 18.4 Å². The molecule has 0 saturated carbocycles. The van der Waals surface area contributed by atoms with Gasteiger partial charge in [0.05, 0.1) is 17.9 Å². The van der Waals surface area contributed by atoms with Crippen LogP contribution in [0.3, 0.4) is 0 Å². The fourth-order valence-electron chi connectivity index (χ4n) is 2.27. The Kier molecular flexibility index (Phi) is 4.69. The number of hydrogen-bond acceptors (Lipinski definition) is 4. The van der Waals surface area contributed by atoms with Gasteiger partial charge in [0.1, 0.15) is 5.75 Å². The van der Waals surface area contributed by atoms with Crippen LogP contribution in [-0.2, 0) is 14.3 Å². The van der Waals surface area contributed by atoms with Crippen LogP contribution in [-0.4, -0.2) is 47.1 Å². The Hall–Kier alpha value is -1.79. The van der Waals surface area contributed by atoms with Crippen LogP contribution in [0.4, 0.5) is 5.69 Å². The van der Waals surface area contributed by atoms with Crippen LogP contribution < -0.4 is 5.32 Å². The van der Waals surface area contributed by atoms with E-state index < -0.39 is 11.8 Å². The Morgan fingerprint density at radius 2 is 1.95 bits per heavy atom. The minimum absolute atomic E-state index is 0.107. The Morgan fingerprint density at radius 1 is 1.33 bits per heavy atom. The quantitative estimate of drug-likeness (QED) is 0.610. The van der Waals surface area contributed by atoms with Gasteiger partial charge in [-0.1, -0.05) is 11.6 Å². The van der Waals surface area contributed by atoms with Gasteiger partial charge in [-0.2, -0.15) is 0 Å². The molecular weight excluding hydrogens is 296 g/mol. The summed E-state index contributed by atoms with van der Waals surface area (Å²) >= 11 is 5.79. The van der Waals surface area contributed by atoms with Crippen LogP contribution in [0.15, 0.2) is 18.2 Å². The van der Waals surface area contributed by atoms with E-state index in [0.717, 1.165) is 0 Å². The van der Waals surface area contributed by atoms with Crippen molar-refractivity contribution in [2.24, 2.45) is 0 Å². The van der Waals surface area contributed by atoms with Crippen LogP contribution in [0.1, 0.15) is 13.8 Å². The summed E-state index contributed by atoms with van der Waals surface area (Å²) in [6.07, 6.45) is -0.241. The average molecular weight is 313 g/mol. The van der Waals surface area contributed by atoms with E-state index in [4.69, 9.17) is 16.3 Å². The first-order chi connectivity index (χ1) is 9.86. The number of ether oxygens (including phenoxy) is 1. The molecule has 0 aromatic heterocycles. The van der Waals surface area contributed by atoms with Crippen molar-refractivity contribution in [3.63, 3.8) is 0 Å². The maximum Gasteiger partial charge on any atom is 0.314 e. The highest BCUT2D eigenvalue weighted by Gasteiger charge is 2.30. The average Bonchev–Trinajstić information content (AvgIpc) is 2.41. The molecule has 1 saturated heterocycles. The summed E-state index contributed by atoms with van der Waals surface area (Å²) in [5.41, 5.74) is 0.107. The number of aromatic hydroxyl groups is 1. The highest BCUT2D eigenvalue weighted by Crippen LogP contribution is 2.26. The van der Waals surface area contributed by atoms with Crippen molar-refractivity contribution in [3.05, 3.63) is 23.2 Å². The minimum atomic E-state index is -0.811. The number of phenolic OH excluding ortho intramolecular Hbond substituents is 1. The van der Waals surface area contributed by atoms with E-state index in [9.17, 15) is 14.7 Å². The fourth-order valence-corrected chi connectivity index (χ4v) is 2.44. The summed E-state index contributed by atoms with van der Waals surface area (Å²) in [5, 5.41) is 12.4. The summed E-state index contributed by atoms with van der Waals surface area (Å²) < 4.78 is 5.52. The first-order valence-corrected chi connectivity index (χ1v) is 6.99. The molecule has 1 heterocycles. The number of nitrogens with zero attached hydrogens (tertiary/aromatic N) is 1. The summed E-state index contributed by atoms with van der Waals surface area (Å²) in [7, 11) is 0. The number of anilines is 1. The lowest BCUT2D eigenvalue weighted by molar-refractivity contribution is -0.151. The van der Waals surface area contributed by atoms with Crippen LogP contribution >= 0.6 is 11.6 Å². The Bertz CT molecular complexity index is 554. The topological polar surface area (TPSA) is 78.9 Å². The minimum Gasteiger partial charge on any atom is -0.506 e. The highest BCUT2D eigenvalue weighted by atomic mass is 35.5. The lowest BCUT2D eigenvalue weighted by Gasteiger charge is -2.34. The summed E-state index contributed by atoms with van der Waals surface area (Å²) in [5.74, 6) is -1.62. The zero-order valence-corrected chi connectivity index (χ0v) is 12.6. The molecule has 0 aliphatic carbocycles.